The first kappa shape index (κ1) is 25.7. The molecule has 0 radical (unpaired) electrons. The monoisotopic (exact) mass is 463 g/mol. The van der Waals surface area contributed by atoms with Gasteiger partial charge in [-0.15, -0.1) is 0 Å². The third-order valence-corrected chi connectivity index (χ3v) is 5.05. The van der Waals surface area contributed by atoms with E-state index in [-0.39, 0.29) is 22.0 Å². The van der Waals surface area contributed by atoms with E-state index in [1.54, 1.807) is 31.1 Å². The first-order valence-electron chi connectivity index (χ1n) is 8.51. The van der Waals surface area contributed by atoms with Crippen LogP contribution < -0.4 is 9.62 Å². The van der Waals surface area contributed by atoms with E-state index in [1.807, 2.05) is 6.92 Å². The first-order valence-corrected chi connectivity index (χ1v) is 10.00. The van der Waals surface area contributed by atoms with Crippen LogP contribution in [0.15, 0.2) is 41.4 Å². The number of aromatic nitrogens is 1. The Morgan fingerprint density at radius 3 is 2.03 bits per heavy atom. The highest BCUT2D eigenvalue weighted by atomic mass is 32.2. The number of benzene rings is 1. The molecule has 0 saturated heterocycles. The summed E-state index contributed by atoms with van der Waals surface area (Å²) in [7, 11) is -0.489. The van der Waals surface area contributed by atoms with Gasteiger partial charge in [0, 0.05) is 14.1 Å². The van der Waals surface area contributed by atoms with Gasteiger partial charge >= 0.3 is 18.1 Å². The lowest BCUT2D eigenvalue weighted by molar-refractivity contribution is -0.192. The maximum Gasteiger partial charge on any atom is 0.490 e. The van der Waals surface area contributed by atoms with Gasteiger partial charge in [-0.3, -0.25) is 4.72 Å². The van der Waals surface area contributed by atoms with E-state index in [4.69, 9.17) is 9.90 Å². The quantitative estimate of drug-likeness (QED) is 0.595. The van der Waals surface area contributed by atoms with Crippen molar-refractivity contribution < 1.29 is 41.4 Å². The molecule has 9 nitrogen and oxygen atoms in total. The van der Waals surface area contributed by atoms with Gasteiger partial charge in [0.25, 0.3) is 10.0 Å². The fourth-order valence-corrected chi connectivity index (χ4v) is 3.18. The van der Waals surface area contributed by atoms with Crippen LogP contribution in [0.1, 0.15) is 22.8 Å². The third kappa shape index (κ3) is 7.44. The lowest BCUT2D eigenvalue weighted by Crippen LogP contribution is -2.21. The molecule has 170 valence electrons. The number of aliphatic carboxylic acids is 1. The molecule has 0 spiro atoms. The summed E-state index contributed by atoms with van der Waals surface area (Å²) in [6, 6.07) is 7.76. The molecule has 0 saturated carbocycles. The number of anilines is 2. The van der Waals surface area contributed by atoms with Crippen LogP contribution >= 0.6 is 0 Å². The number of sulfonamides is 1. The Hall–Kier alpha value is -3.35. The molecule has 3 N–H and O–H groups in total. The lowest BCUT2D eigenvalue weighted by Gasteiger charge is -2.15. The van der Waals surface area contributed by atoms with Gasteiger partial charge in [-0.2, -0.15) is 13.2 Å². The van der Waals surface area contributed by atoms with Gasteiger partial charge in [0.05, 0.1) is 16.8 Å². The van der Waals surface area contributed by atoms with Crippen LogP contribution in [0.25, 0.3) is 0 Å². The summed E-state index contributed by atoms with van der Waals surface area (Å²) in [5, 5.41) is 16.4. The summed E-state index contributed by atoms with van der Waals surface area (Å²) in [6.07, 6.45) is -2.98. The average molecular weight is 463 g/mol. The minimum atomic E-state index is -5.08. The molecule has 2 rings (SSSR count). The predicted molar refractivity (Wildman–Crippen MR) is 106 cm³/mol. The van der Waals surface area contributed by atoms with E-state index >= 15 is 0 Å². The van der Waals surface area contributed by atoms with Crippen LogP contribution in [-0.4, -0.2) is 55.8 Å². The first-order chi connectivity index (χ1) is 14.2. The summed E-state index contributed by atoms with van der Waals surface area (Å²) in [5.74, 6) is -3.69. The summed E-state index contributed by atoms with van der Waals surface area (Å²) in [5.41, 5.74) is 1.04. The van der Waals surface area contributed by atoms with E-state index in [0.29, 0.717) is 0 Å². The minimum absolute atomic E-state index is 0.0819. The Balaban J connectivity index is 0.000000592. The molecule has 0 atom stereocenters. The summed E-state index contributed by atoms with van der Waals surface area (Å²) >= 11 is 0. The van der Waals surface area contributed by atoms with Crippen molar-refractivity contribution in [1.82, 2.24) is 4.98 Å². The molecule has 0 aliphatic heterocycles. The number of pyridine rings is 1. The van der Waals surface area contributed by atoms with Crippen molar-refractivity contribution in [2.45, 2.75) is 24.4 Å². The number of halogens is 3. The van der Waals surface area contributed by atoms with E-state index in [0.717, 1.165) is 12.0 Å². The van der Waals surface area contributed by atoms with E-state index < -0.39 is 28.1 Å². The molecule has 13 heteroatoms. The molecule has 1 aromatic heterocycles. The highest BCUT2D eigenvalue weighted by molar-refractivity contribution is 7.92. The average Bonchev–Trinajstić information content (AvgIpc) is 2.67. The van der Waals surface area contributed by atoms with Crippen molar-refractivity contribution in [1.29, 1.82) is 0 Å². The molecule has 1 heterocycles. The number of nitrogens with zero attached hydrogens (tertiary/aromatic N) is 2. The SMILES string of the molecule is CCc1ccc(S(=O)(=O)Nc2cnc(N(C)C)c(C(=O)O)c2)cc1.O=C(O)C(F)(F)F. The van der Waals surface area contributed by atoms with Crippen LogP contribution in [0, 0.1) is 0 Å². The molecule has 0 fully saturated rings. The summed E-state index contributed by atoms with van der Waals surface area (Å²) < 4.78 is 58.9. The molecule has 1 aromatic carbocycles. The second-order valence-electron chi connectivity index (χ2n) is 6.20. The van der Waals surface area contributed by atoms with Crippen molar-refractivity contribution >= 4 is 33.5 Å². The minimum Gasteiger partial charge on any atom is -0.478 e. The molecule has 0 aliphatic carbocycles. The smallest absolute Gasteiger partial charge is 0.478 e. The zero-order valence-electron chi connectivity index (χ0n) is 16.6. The molecule has 0 aliphatic rings. The second kappa shape index (κ2) is 10.1. The molecular formula is C18H20F3N3O6S. The van der Waals surface area contributed by atoms with Crippen molar-refractivity contribution in [3.05, 3.63) is 47.7 Å². The van der Waals surface area contributed by atoms with Gasteiger partial charge in [-0.1, -0.05) is 19.1 Å². The molecule has 0 unspecified atom stereocenters. The van der Waals surface area contributed by atoms with Crippen LogP contribution in [-0.2, 0) is 21.2 Å². The maximum atomic E-state index is 12.4. The molecular weight excluding hydrogens is 443 g/mol. The maximum absolute atomic E-state index is 12.4. The van der Waals surface area contributed by atoms with Crippen LogP contribution in [0.2, 0.25) is 0 Å². The summed E-state index contributed by atoms with van der Waals surface area (Å²) in [4.78, 5) is 25.9. The fraction of sp³-hybridized carbons (Fsp3) is 0.278. The van der Waals surface area contributed by atoms with Gasteiger partial charge < -0.3 is 15.1 Å². The Kier molecular flexibility index (Phi) is 8.37. The largest absolute Gasteiger partial charge is 0.490 e. The normalized spacial score (nSPS) is 11.2. The van der Waals surface area contributed by atoms with E-state index in [1.165, 1.54) is 24.4 Å². The van der Waals surface area contributed by atoms with Crippen molar-refractivity contribution in [2.24, 2.45) is 0 Å². The zero-order chi connectivity index (χ0) is 24.0. The van der Waals surface area contributed by atoms with Crippen molar-refractivity contribution in [3.63, 3.8) is 0 Å². The standard InChI is InChI=1S/C16H19N3O4S.C2HF3O2/c1-4-11-5-7-13(8-6-11)24(22,23)18-12-9-14(16(20)21)15(17-10-12)19(2)3;3-2(4,5)1(6)7/h5-10,18H,4H2,1-3H3,(H,20,21);(H,6,7). The number of rotatable bonds is 6. The van der Waals surface area contributed by atoms with E-state index in [9.17, 15) is 31.5 Å². The van der Waals surface area contributed by atoms with Crippen LogP contribution in [0.5, 0.6) is 0 Å². The van der Waals surface area contributed by atoms with Crippen molar-refractivity contribution in [3.8, 4) is 0 Å². The number of aromatic carboxylic acids is 1. The van der Waals surface area contributed by atoms with E-state index in [2.05, 4.69) is 9.71 Å². The number of hydrogen-bond donors (Lipinski definition) is 3. The zero-order valence-corrected chi connectivity index (χ0v) is 17.5. The topological polar surface area (TPSA) is 137 Å². The Morgan fingerprint density at radius 2 is 1.65 bits per heavy atom. The Morgan fingerprint density at radius 1 is 1.13 bits per heavy atom. The van der Waals surface area contributed by atoms with Crippen LogP contribution in [0.3, 0.4) is 0 Å². The number of alkyl halides is 3. The van der Waals surface area contributed by atoms with Gasteiger partial charge in [0.1, 0.15) is 11.4 Å². The lowest BCUT2D eigenvalue weighted by atomic mass is 10.2. The number of carboxylic acid groups (broad SMARTS) is 2. The third-order valence-electron chi connectivity index (χ3n) is 3.66. The number of nitrogens with one attached hydrogen (secondary N) is 1. The fourth-order valence-electron chi connectivity index (χ4n) is 2.15. The number of aryl methyl sites for hydroxylation is 1. The van der Waals surface area contributed by atoms with Crippen molar-refractivity contribution in [2.75, 3.05) is 23.7 Å². The molecule has 0 bridgehead atoms. The summed E-state index contributed by atoms with van der Waals surface area (Å²) in [6.45, 7) is 1.98. The highest BCUT2D eigenvalue weighted by Gasteiger charge is 2.38. The second-order valence-corrected chi connectivity index (χ2v) is 7.88. The number of carboxylic acids is 2. The van der Waals surface area contributed by atoms with Gasteiger partial charge in [0.2, 0.25) is 0 Å². The van der Waals surface area contributed by atoms with Gasteiger partial charge in [-0.25, -0.2) is 23.0 Å². The van der Waals surface area contributed by atoms with Gasteiger partial charge in [-0.05, 0) is 30.2 Å². The highest BCUT2D eigenvalue weighted by Crippen LogP contribution is 2.22. The molecule has 31 heavy (non-hydrogen) atoms. The Bertz CT molecular complexity index is 1040. The molecule has 2 aromatic rings. The van der Waals surface area contributed by atoms with Gasteiger partial charge in [0.15, 0.2) is 0 Å². The Labute approximate surface area is 176 Å². The predicted octanol–water partition coefficient (Wildman–Crippen LogP) is 2.84. The van der Waals surface area contributed by atoms with Crippen LogP contribution in [0.4, 0.5) is 24.7 Å². The molecule has 0 amide bonds. The number of carbonyl (C=O) groups is 2. The number of hydrogen-bond acceptors (Lipinski definition) is 6.